The number of Topliss-reactive ketones (excluding diaryl/α,β-unsaturated/α-hetero) is 2. The fraction of sp³-hybridized carbons (Fsp3) is 0.527. The van der Waals surface area contributed by atoms with Crippen molar-refractivity contribution in [3.8, 4) is 34.5 Å². The highest BCUT2D eigenvalue weighted by atomic mass is 32.3. The van der Waals surface area contributed by atoms with Gasteiger partial charge in [-0.3, -0.25) is 32.5 Å². The maximum Gasteiger partial charge on any atom is 0.196 e. The Labute approximate surface area is 709 Å². The van der Waals surface area contributed by atoms with E-state index >= 15 is 0 Å². The standard InChI is InChI=1S/C19H21NO3.2C18H21NO5.C18H19NO4.C17H17NO4.CH3.H2O4S.H2O/c1-20-7-6-19-14-5-4-13(10-22)18(19)23-17-12(9-21)3-2-11(16(17)19)8-15(14)20;2*1-19-5-4-17-14-9-2-3-10(8-20)15(14)24-16(17)11(21)7-13(22)18(17,23)12(19)6-9;1-22-13-3-2-9-8-10-11(19)4-6-17-14(9)15(13)23-16(17)12(20)5-7-18(10,17)21;19-8-10-2-1-9-7-12-17(21)4-3-11(20)15-16(17,5-6-18-12)13(9)14(10)22-15;;1-5(2,3)4;/h2-5,15,18,21-22H,6-10H2,1H3;2*2-3,12-13,16,20,22-23H,4-8H2,1H3;2-3,5,7,10-11,16,21H,4,6,8,19H2,1H3;1-4,12,15,18-19,21H,5-8H2;1H3;(H2,1,2,3,4);1H2/q;;;;;+1;;/p-1/t15-,18+,19+;12-,13+,16+,17+,18+;12-,13-,16+,17+,18+;10-,11?,16-,17-,18+;12-,15+,16+,17-;;;/m11101.../s1. The van der Waals surface area contributed by atoms with E-state index in [0.29, 0.717) is 96.4 Å². The zero-order chi connectivity index (χ0) is 85.1. The number of piperidine rings is 4. The third kappa shape index (κ3) is 10.8. The number of rotatable bonds is 6. The molecule has 5 aromatic carbocycles. The summed E-state index contributed by atoms with van der Waals surface area (Å²) in [5.74, 6) is 3.37. The molecule has 123 heavy (non-hydrogen) atoms. The van der Waals surface area contributed by atoms with Crippen LogP contribution in [0.5, 0.6) is 34.5 Å². The fourth-order valence-electron chi connectivity index (χ4n) is 27.3. The van der Waals surface area contributed by atoms with Crippen LogP contribution in [-0.4, -0.2) is 273 Å². The molecule has 31 nitrogen and oxygen atoms in total. The lowest BCUT2D eigenvalue weighted by Crippen LogP contribution is -2.80. The molecule has 25 rings (SSSR count). The Morgan fingerprint density at radius 2 is 0.927 bits per heavy atom. The summed E-state index contributed by atoms with van der Waals surface area (Å²) in [6, 6.07) is 19.5. The molecule has 32 heteroatoms. The van der Waals surface area contributed by atoms with Gasteiger partial charge in [-0.2, -0.15) is 0 Å². The topological polar surface area (TPSA) is 507 Å². The van der Waals surface area contributed by atoms with Gasteiger partial charge < -0.3 is 120 Å². The number of aliphatic hydroxyl groups excluding tert-OH is 7. The lowest BCUT2D eigenvalue weighted by molar-refractivity contribution is -0.452. The van der Waals surface area contributed by atoms with E-state index in [4.69, 9.17) is 45.9 Å². The van der Waals surface area contributed by atoms with Crippen molar-refractivity contribution >= 4 is 33.5 Å². The van der Waals surface area contributed by atoms with Gasteiger partial charge in [0.05, 0.1) is 85.5 Å². The molecule has 4 saturated heterocycles. The second kappa shape index (κ2) is 29.1. The highest BCUT2D eigenvalue weighted by molar-refractivity contribution is 7.79. The minimum atomic E-state index is -5.17. The highest BCUT2D eigenvalue weighted by Crippen LogP contribution is 2.70. The van der Waals surface area contributed by atoms with Gasteiger partial charge in [-0.1, -0.05) is 66.7 Å². The van der Waals surface area contributed by atoms with Crippen LogP contribution in [0.3, 0.4) is 0 Å². The van der Waals surface area contributed by atoms with E-state index in [-0.39, 0.29) is 124 Å². The maximum absolute atomic E-state index is 12.7. The average Bonchev–Trinajstić information content (AvgIpc) is 1.60. The van der Waals surface area contributed by atoms with Gasteiger partial charge in [0.15, 0.2) is 59.0 Å². The van der Waals surface area contributed by atoms with Crippen molar-refractivity contribution in [2.75, 3.05) is 61.0 Å². The smallest absolute Gasteiger partial charge is 0.196 e. The van der Waals surface area contributed by atoms with Crippen molar-refractivity contribution < 1.29 is 133 Å². The van der Waals surface area contributed by atoms with Crippen LogP contribution >= 0.6 is 0 Å². The van der Waals surface area contributed by atoms with Crippen molar-refractivity contribution in [2.45, 2.75) is 232 Å². The zero-order valence-corrected chi connectivity index (χ0v) is 69.7. The molecule has 9 aliphatic heterocycles. The number of likely N-dealkylation sites (tertiary alicyclic amines) is 3. The van der Waals surface area contributed by atoms with Crippen LogP contribution in [-0.2, 0) is 115 Å². The number of likely N-dealkylation sites (N-methyl/N-ethyl adjacent to an activating group) is 3. The third-order valence-electron chi connectivity index (χ3n) is 32.5. The monoisotopic (exact) mass is 1720 g/mol. The minimum absolute atomic E-state index is 0. The largest absolute Gasteiger partial charge is 0.759 e. The van der Waals surface area contributed by atoms with Gasteiger partial charge in [0.25, 0.3) is 0 Å². The van der Waals surface area contributed by atoms with Crippen LogP contribution in [0.1, 0.15) is 129 Å². The molecular weight excluding hydrogens is 1610 g/mol. The fourth-order valence-corrected chi connectivity index (χ4v) is 27.3. The summed E-state index contributed by atoms with van der Waals surface area (Å²) in [4.78, 5) is 57.0. The normalized spacial score (nSPS) is 38.5. The van der Waals surface area contributed by atoms with Crippen LogP contribution in [0.15, 0.2) is 108 Å². The Morgan fingerprint density at radius 1 is 0.504 bits per heavy atom. The van der Waals surface area contributed by atoms with Crippen LogP contribution in [0.4, 0.5) is 0 Å². The lowest BCUT2D eigenvalue weighted by Gasteiger charge is -2.63. The molecule has 11 aliphatic carbocycles. The van der Waals surface area contributed by atoms with Gasteiger partial charge >= 0.3 is 0 Å². The number of carbonyl (C=O) groups excluding carboxylic acids is 4. The molecule has 1 unspecified atom stereocenters. The predicted octanol–water partition coefficient (Wildman–Crippen LogP) is -1.30. The van der Waals surface area contributed by atoms with E-state index in [1.165, 1.54) is 28.9 Å². The highest BCUT2D eigenvalue weighted by Gasteiger charge is 2.79. The number of allylic oxidation sites excluding steroid dienone is 2. The Balaban J connectivity index is 0.000000103. The first kappa shape index (κ1) is 85.4. The summed E-state index contributed by atoms with van der Waals surface area (Å²) in [5, 5.41) is 120. The van der Waals surface area contributed by atoms with Crippen molar-refractivity contribution in [3.63, 3.8) is 0 Å². The van der Waals surface area contributed by atoms with E-state index in [1.807, 2.05) is 68.7 Å². The Morgan fingerprint density at radius 3 is 1.43 bits per heavy atom. The SMILES string of the molecule is CN1CC[C@@]23C4=CC=C(CO)[C@@H]2Oc2c(CO)ccc(c23)C[C@H]41.CN1CC[C@]23c4c5ccc(CO)c4O[C@H]2C(=O)C[C@@H](O)[C@@]3(O)[C@H]1C5.CN1CC[C@]23c4c5ccc(CO)c4O[C@H]2C(=O)C[C@H](O)[C@@]3(O)[C@H]1C5.COc1ccc2c3c1O[C@H]1C(=O)C=C[C@@]4(O)[C@@H](C2)C([NH3+])CC[C@]314.O.O=C1C=C[C@@]2(O)[C@H]3Cc4ccc(CO)c5c4[C@@]2(CCN3)[C@H]1O5.O=S(=O)([O-])[O-].[CH3+]. The maximum atomic E-state index is 12.7. The number of hydrogen-bond donors (Lipinski definition) is 13. The lowest BCUT2D eigenvalue weighted by atomic mass is 9.46. The van der Waals surface area contributed by atoms with Gasteiger partial charge in [-0.15, -0.1) is 0 Å². The summed E-state index contributed by atoms with van der Waals surface area (Å²) < 4.78 is 70.2. The third-order valence-corrected chi connectivity index (χ3v) is 32.5. The van der Waals surface area contributed by atoms with Crippen molar-refractivity contribution in [1.82, 2.24) is 20.0 Å². The number of hydrogen-bond acceptors (Lipinski definition) is 29. The van der Waals surface area contributed by atoms with Gasteiger partial charge in [-0.05, 0) is 181 Å². The summed E-state index contributed by atoms with van der Waals surface area (Å²) in [5.41, 5.74) is 11.7. The molecule has 656 valence electrons. The number of methoxy groups -OCH3 is 1. The number of quaternary nitrogens is 1. The predicted molar refractivity (Wildman–Crippen MR) is 433 cm³/mol. The Hall–Kier alpha value is -8.40. The van der Waals surface area contributed by atoms with Crippen LogP contribution in [0.2, 0.25) is 0 Å². The number of ketones is 4. The van der Waals surface area contributed by atoms with E-state index in [1.54, 1.807) is 19.3 Å². The summed E-state index contributed by atoms with van der Waals surface area (Å²) in [6.07, 6.45) is 13.2. The molecule has 0 radical (unpaired) electrons. The quantitative estimate of drug-likeness (QED) is 0.0534. The number of benzene rings is 5. The van der Waals surface area contributed by atoms with E-state index in [0.717, 1.165) is 113 Å². The molecule has 3 saturated carbocycles. The zero-order valence-electron chi connectivity index (χ0n) is 68.9. The first-order chi connectivity index (χ1) is 57.7. The van der Waals surface area contributed by atoms with E-state index in [9.17, 15) is 75.3 Å². The van der Waals surface area contributed by atoms with Crippen molar-refractivity contribution in [1.29, 1.82) is 0 Å². The van der Waals surface area contributed by atoms with Crippen LogP contribution < -0.4 is 39.5 Å². The summed E-state index contributed by atoms with van der Waals surface area (Å²) in [7, 11) is 2.54. The molecule has 20 aliphatic rings. The molecule has 5 spiro atoms. The number of nitrogens with zero attached hydrogens (tertiary/aromatic N) is 3. The van der Waals surface area contributed by atoms with Crippen molar-refractivity contribution in [3.05, 3.63) is 194 Å². The van der Waals surface area contributed by atoms with Gasteiger partial charge in [0.2, 0.25) is 0 Å². The Kier molecular flexibility index (Phi) is 20.2. The first-order valence-electron chi connectivity index (χ1n) is 42.0. The molecule has 10 bridgehead atoms. The van der Waals surface area contributed by atoms with Crippen molar-refractivity contribution in [2.24, 2.45) is 5.92 Å². The average molecular weight is 1720 g/mol. The number of carbonyl (C=O) groups is 4. The Bertz CT molecular complexity index is 5450. The van der Waals surface area contributed by atoms with Crippen LogP contribution in [0, 0.1) is 13.3 Å². The van der Waals surface area contributed by atoms with Gasteiger partial charge in [0.1, 0.15) is 51.5 Å². The second-order valence-electron chi connectivity index (χ2n) is 37.0. The first-order valence-corrected chi connectivity index (χ1v) is 43.3. The molecule has 9 heterocycles. The van der Waals surface area contributed by atoms with Gasteiger partial charge in [-0.25, -0.2) is 0 Å². The molecule has 0 aromatic heterocycles. The van der Waals surface area contributed by atoms with Gasteiger partial charge in [0, 0.05) is 117 Å². The molecule has 0 amide bonds. The molecule has 17 N–H and O–H groups in total. The number of ether oxygens (including phenoxy) is 6. The minimum Gasteiger partial charge on any atom is -0.759 e. The van der Waals surface area contributed by atoms with E-state index < -0.39 is 91.1 Å². The summed E-state index contributed by atoms with van der Waals surface area (Å²) >= 11 is 0. The molecular formula is C91H105N5O26S. The number of aliphatic hydroxyl groups is 11. The second-order valence-corrected chi connectivity index (χ2v) is 37.8. The van der Waals surface area contributed by atoms with Crippen LogP contribution in [0.25, 0.3) is 0 Å². The molecule has 22 atom stereocenters. The molecule has 5 aromatic rings. The molecule has 7 fully saturated rings. The summed E-state index contributed by atoms with van der Waals surface area (Å²) in [6.45, 7) is 2.77. The van der Waals surface area contributed by atoms with E-state index in [2.05, 4.69) is 51.0 Å². The number of nitrogens with one attached hydrogen (secondary N) is 1.